The molecule has 0 aliphatic rings. The van der Waals surface area contributed by atoms with Crippen LogP contribution >= 0.6 is 0 Å². The first-order chi connectivity index (χ1) is 9.81. The molecule has 1 nitrogen and oxygen atoms in total. The maximum Gasteiger partial charge on any atom is 0.0214 e. The number of nitrogens with zero attached hydrogens (tertiary/aromatic N) is 1. The van der Waals surface area contributed by atoms with Crippen molar-refractivity contribution in [2.45, 2.75) is 103 Å². The van der Waals surface area contributed by atoms with E-state index in [-0.39, 0.29) is 0 Å². The number of allylic oxidation sites excluding steroid dienone is 2. The minimum absolute atomic E-state index is 0.562. The predicted octanol–water partition coefficient (Wildman–Crippen LogP) is 6.26. The van der Waals surface area contributed by atoms with Crippen LogP contribution in [0.1, 0.15) is 97.3 Å². The molecular weight excluding hydrogens is 242 g/mol. The van der Waals surface area contributed by atoms with Gasteiger partial charge in [0.1, 0.15) is 0 Å². The van der Waals surface area contributed by atoms with E-state index in [1.807, 2.05) is 7.05 Å². The van der Waals surface area contributed by atoms with E-state index in [1.54, 1.807) is 0 Å². The highest BCUT2D eigenvalue weighted by molar-refractivity contribution is 4.81. The molecule has 0 bridgehead atoms. The minimum Gasteiger partial charge on any atom is -0.242 e. The van der Waals surface area contributed by atoms with Gasteiger partial charge in [-0.3, -0.25) is 0 Å². The van der Waals surface area contributed by atoms with Crippen molar-refractivity contribution in [1.29, 1.82) is 0 Å². The SMILES string of the molecule is CCCCCCCCC=CCCCCCCC(C)[N]C. The minimum atomic E-state index is 0.562. The standard InChI is InChI=1S/C19H38N/c1-4-5-6-7-8-9-10-11-12-13-14-15-16-17-18-19(2)20-3/h11-12,19H,4-10,13-18H2,1-3H3. The molecule has 0 amide bonds. The lowest BCUT2D eigenvalue weighted by atomic mass is 10.1. The van der Waals surface area contributed by atoms with Crippen molar-refractivity contribution in [3.63, 3.8) is 0 Å². The van der Waals surface area contributed by atoms with Crippen LogP contribution in [-0.2, 0) is 0 Å². The fourth-order valence-corrected chi connectivity index (χ4v) is 2.46. The summed E-state index contributed by atoms with van der Waals surface area (Å²) in [5, 5.41) is 4.28. The Morgan fingerprint density at radius 1 is 0.750 bits per heavy atom. The van der Waals surface area contributed by atoms with Crippen LogP contribution in [0.2, 0.25) is 0 Å². The summed E-state index contributed by atoms with van der Waals surface area (Å²) in [6.45, 7) is 4.49. The Hall–Kier alpha value is -0.300. The van der Waals surface area contributed by atoms with E-state index in [2.05, 4.69) is 31.3 Å². The average molecular weight is 281 g/mol. The molecule has 1 unspecified atom stereocenters. The van der Waals surface area contributed by atoms with Crippen molar-refractivity contribution in [2.24, 2.45) is 0 Å². The Bertz CT molecular complexity index is 198. The number of hydrogen-bond acceptors (Lipinski definition) is 0. The van der Waals surface area contributed by atoms with Crippen LogP contribution in [0, 0.1) is 0 Å². The van der Waals surface area contributed by atoms with Crippen LogP contribution in [0.25, 0.3) is 0 Å². The highest BCUT2D eigenvalue weighted by Gasteiger charge is 1.97. The summed E-state index contributed by atoms with van der Waals surface area (Å²) >= 11 is 0. The van der Waals surface area contributed by atoms with Crippen LogP contribution in [-0.4, -0.2) is 13.1 Å². The Labute approximate surface area is 128 Å². The average Bonchev–Trinajstić information content (AvgIpc) is 2.47. The second kappa shape index (κ2) is 16.8. The molecule has 0 spiro atoms. The predicted molar refractivity (Wildman–Crippen MR) is 92.4 cm³/mol. The van der Waals surface area contributed by atoms with Crippen LogP contribution in [0.4, 0.5) is 0 Å². The summed E-state index contributed by atoms with van der Waals surface area (Å²) in [4.78, 5) is 0. The first-order valence-corrected chi connectivity index (χ1v) is 9.05. The monoisotopic (exact) mass is 280 g/mol. The molecule has 1 heteroatoms. The van der Waals surface area contributed by atoms with Gasteiger partial charge in [0.25, 0.3) is 0 Å². The van der Waals surface area contributed by atoms with Crippen molar-refractivity contribution in [3.8, 4) is 0 Å². The first kappa shape index (κ1) is 19.7. The molecule has 1 radical (unpaired) electrons. The van der Waals surface area contributed by atoms with Gasteiger partial charge in [-0.05, 0) is 39.0 Å². The third-order valence-corrected chi connectivity index (χ3v) is 4.07. The van der Waals surface area contributed by atoms with Gasteiger partial charge in [-0.1, -0.05) is 70.4 Å². The van der Waals surface area contributed by atoms with E-state index < -0.39 is 0 Å². The van der Waals surface area contributed by atoms with E-state index >= 15 is 0 Å². The van der Waals surface area contributed by atoms with Gasteiger partial charge < -0.3 is 0 Å². The summed E-state index contributed by atoms with van der Waals surface area (Å²) < 4.78 is 0. The van der Waals surface area contributed by atoms with Gasteiger partial charge in [0, 0.05) is 13.1 Å². The summed E-state index contributed by atoms with van der Waals surface area (Å²) in [6.07, 6.45) is 22.6. The van der Waals surface area contributed by atoms with Gasteiger partial charge in [0.2, 0.25) is 0 Å². The highest BCUT2D eigenvalue weighted by Crippen LogP contribution is 2.09. The third kappa shape index (κ3) is 15.8. The number of hydrogen-bond donors (Lipinski definition) is 0. The first-order valence-electron chi connectivity index (χ1n) is 9.05. The van der Waals surface area contributed by atoms with Gasteiger partial charge in [-0.25, -0.2) is 5.32 Å². The fourth-order valence-electron chi connectivity index (χ4n) is 2.46. The molecule has 0 aromatic carbocycles. The highest BCUT2D eigenvalue weighted by atomic mass is 14.8. The van der Waals surface area contributed by atoms with Gasteiger partial charge in [0.15, 0.2) is 0 Å². The summed E-state index contributed by atoms with van der Waals surface area (Å²) in [7, 11) is 1.93. The zero-order valence-electron chi connectivity index (χ0n) is 14.4. The van der Waals surface area contributed by atoms with Gasteiger partial charge in [0.05, 0.1) is 0 Å². The van der Waals surface area contributed by atoms with E-state index in [9.17, 15) is 0 Å². The molecule has 0 aromatic rings. The smallest absolute Gasteiger partial charge is 0.0214 e. The lowest BCUT2D eigenvalue weighted by Crippen LogP contribution is -2.13. The molecule has 0 heterocycles. The molecule has 0 fully saturated rings. The second-order valence-electron chi connectivity index (χ2n) is 6.13. The molecule has 0 aliphatic carbocycles. The third-order valence-electron chi connectivity index (χ3n) is 4.07. The molecule has 1 atom stereocenters. The summed E-state index contributed by atoms with van der Waals surface area (Å²) in [5.74, 6) is 0. The van der Waals surface area contributed by atoms with Crippen LogP contribution in [0.3, 0.4) is 0 Å². The maximum atomic E-state index is 4.28. The van der Waals surface area contributed by atoms with Crippen molar-refractivity contribution in [1.82, 2.24) is 5.32 Å². The molecule has 0 N–H and O–H groups in total. The van der Waals surface area contributed by atoms with E-state index in [1.165, 1.54) is 83.5 Å². The van der Waals surface area contributed by atoms with Crippen molar-refractivity contribution in [3.05, 3.63) is 12.2 Å². The Kier molecular flexibility index (Phi) is 16.5. The zero-order valence-corrected chi connectivity index (χ0v) is 14.4. The van der Waals surface area contributed by atoms with E-state index in [0.717, 1.165) is 0 Å². The van der Waals surface area contributed by atoms with Crippen molar-refractivity contribution in [2.75, 3.05) is 7.05 Å². The number of unbranched alkanes of at least 4 members (excludes halogenated alkanes) is 10. The fraction of sp³-hybridized carbons (Fsp3) is 0.895. The topological polar surface area (TPSA) is 14.1 Å². The van der Waals surface area contributed by atoms with Crippen LogP contribution < -0.4 is 5.32 Å². The molecule has 0 aliphatic heterocycles. The Morgan fingerprint density at radius 2 is 1.25 bits per heavy atom. The molecule has 0 aromatic heterocycles. The summed E-state index contributed by atoms with van der Waals surface area (Å²) in [5.41, 5.74) is 0. The lowest BCUT2D eigenvalue weighted by molar-refractivity contribution is 0.508. The Balaban J connectivity index is 3.09. The van der Waals surface area contributed by atoms with E-state index in [0.29, 0.717) is 6.04 Å². The van der Waals surface area contributed by atoms with Crippen LogP contribution in [0.15, 0.2) is 12.2 Å². The maximum absolute atomic E-state index is 4.28. The molecule has 20 heavy (non-hydrogen) atoms. The zero-order chi connectivity index (χ0) is 14.9. The lowest BCUT2D eigenvalue weighted by Gasteiger charge is -2.06. The van der Waals surface area contributed by atoms with Crippen molar-refractivity contribution < 1.29 is 0 Å². The molecule has 0 saturated heterocycles. The van der Waals surface area contributed by atoms with Gasteiger partial charge in [-0.2, -0.15) is 0 Å². The van der Waals surface area contributed by atoms with Gasteiger partial charge >= 0.3 is 0 Å². The molecule has 0 saturated carbocycles. The molecule has 119 valence electrons. The largest absolute Gasteiger partial charge is 0.242 e. The Morgan fingerprint density at radius 3 is 1.80 bits per heavy atom. The van der Waals surface area contributed by atoms with E-state index in [4.69, 9.17) is 0 Å². The van der Waals surface area contributed by atoms with Gasteiger partial charge in [-0.15, -0.1) is 0 Å². The number of rotatable bonds is 15. The molecular formula is C19H38N. The van der Waals surface area contributed by atoms with Crippen molar-refractivity contribution >= 4 is 0 Å². The summed E-state index contributed by atoms with van der Waals surface area (Å²) in [6, 6.07) is 0.562. The second-order valence-corrected chi connectivity index (χ2v) is 6.13. The van der Waals surface area contributed by atoms with Crippen LogP contribution in [0.5, 0.6) is 0 Å². The molecule has 0 rings (SSSR count). The quantitative estimate of drug-likeness (QED) is 0.248. The normalized spacial score (nSPS) is 13.2.